The van der Waals surface area contributed by atoms with Crippen LogP contribution in [0.2, 0.25) is 0 Å². The first-order valence-corrected chi connectivity index (χ1v) is 3.44. The molecule has 0 radical (unpaired) electrons. The predicted molar refractivity (Wildman–Crippen MR) is 41.6 cm³/mol. The van der Waals surface area contributed by atoms with E-state index in [-0.39, 0.29) is 6.10 Å². The number of carbonyl (C=O) groups is 1. The molecule has 0 spiro atoms. The van der Waals surface area contributed by atoms with Crippen molar-refractivity contribution < 1.29 is 14.6 Å². The van der Waals surface area contributed by atoms with Gasteiger partial charge in [0.1, 0.15) is 5.54 Å². The molecule has 0 bridgehead atoms. The quantitative estimate of drug-likeness (QED) is 0.613. The van der Waals surface area contributed by atoms with Crippen molar-refractivity contribution in [2.75, 3.05) is 14.2 Å². The molecule has 0 aromatic heterocycles. The zero-order valence-electron chi connectivity index (χ0n) is 7.34. The van der Waals surface area contributed by atoms with Gasteiger partial charge in [-0.15, -0.1) is 0 Å². The second kappa shape index (κ2) is 3.69. The van der Waals surface area contributed by atoms with Crippen LogP contribution in [0.25, 0.3) is 0 Å². The van der Waals surface area contributed by atoms with Crippen molar-refractivity contribution >= 4 is 5.97 Å². The molecule has 4 nitrogen and oxygen atoms in total. The Kier molecular flexibility index (Phi) is 3.48. The number of likely N-dealkylation sites (N-methyl/N-ethyl adjacent to an activating group) is 1. The molecule has 2 N–H and O–H groups in total. The standard InChI is InChI=1S/C7H15NO3/c1-5(11-4)7(2,8-3)6(9)10/h5,8H,1-4H3,(H,9,10). The molecule has 2 atom stereocenters. The molecule has 0 rings (SSSR count). The van der Waals surface area contributed by atoms with E-state index >= 15 is 0 Å². The fourth-order valence-electron chi connectivity index (χ4n) is 0.720. The number of aliphatic carboxylic acids is 1. The van der Waals surface area contributed by atoms with Crippen molar-refractivity contribution in [3.05, 3.63) is 0 Å². The van der Waals surface area contributed by atoms with E-state index in [2.05, 4.69) is 5.32 Å². The maximum atomic E-state index is 10.7. The van der Waals surface area contributed by atoms with E-state index < -0.39 is 11.5 Å². The van der Waals surface area contributed by atoms with Gasteiger partial charge in [0.05, 0.1) is 6.10 Å². The first-order valence-electron chi connectivity index (χ1n) is 3.44. The molecule has 0 aromatic rings. The Bertz CT molecular complexity index is 149. The van der Waals surface area contributed by atoms with Crippen LogP contribution >= 0.6 is 0 Å². The number of methoxy groups -OCH3 is 1. The Hall–Kier alpha value is -0.610. The number of ether oxygens (including phenoxy) is 1. The van der Waals surface area contributed by atoms with E-state index in [9.17, 15) is 4.79 Å². The van der Waals surface area contributed by atoms with Crippen molar-refractivity contribution in [2.45, 2.75) is 25.5 Å². The summed E-state index contributed by atoms with van der Waals surface area (Å²) < 4.78 is 4.92. The van der Waals surface area contributed by atoms with Gasteiger partial charge in [-0.1, -0.05) is 0 Å². The highest BCUT2D eigenvalue weighted by molar-refractivity contribution is 5.79. The van der Waals surface area contributed by atoms with Crippen LogP contribution in [0.5, 0.6) is 0 Å². The maximum absolute atomic E-state index is 10.7. The third kappa shape index (κ3) is 1.91. The Morgan fingerprint density at radius 3 is 2.27 bits per heavy atom. The molecule has 0 saturated heterocycles. The van der Waals surface area contributed by atoms with E-state index in [1.165, 1.54) is 7.11 Å². The summed E-state index contributed by atoms with van der Waals surface area (Å²) in [5.41, 5.74) is -1.01. The molecule has 0 aliphatic rings. The van der Waals surface area contributed by atoms with E-state index in [4.69, 9.17) is 9.84 Å². The molecule has 0 heterocycles. The highest BCUT2D eigenvalue weighted by Crippen LogP contribution is 2.11. The molecular weight excluding hydrogens is 146 g/mol. The molecule has 11 heavy (non-hydrogen) atoms. The minimum Gasteiger partial charge on any atom is -0.480 e. The van der Waals surface area contributed by atoms with Crippen molar-refractivity contribution in [1.29, 1.82) is 0 Å². The van der Waals surface area contributed by atoms with Gasteiger partial charge in [-0.3, -0.25) is 4.79 Å². The Morgan fingerprint density at radius 1 is 1.73 bits per heavy atom. The number of nitrogens with one attached hydrogen (secondary N) is 1. The van der Waals surface area contributed by atoms with Crippen LogP contribution in [0, 0.1) is 0 Å². The van der Waals surface area contributed by atoms with Gasteiger partial charge < -0.3 is 15.2 Å². The van der Waals surface area contributed by atoms with E-state index in [0.717, 1.165) is 0 Å². The van der Waals surface area contributed by atoms with Crippen LogP contribution < -0.4 is 5.32 Å². The van der Waals surface area contributed by atoms with Crippen molar-refractivity contribution in [3.63, 3.8) is 0 Å². The monoisotopic (exact) mass is 161 g/mol. The average Bonchev–Trinajstić information content (AvgIpc) is 2.01. The lowest BCUT2D eigenvalue weighted by atomic mass is 9.96. The fourth-order valence-corrected chi connectivity index (χ4v) is 0.720. The summed E-state index contributed by atoms with van der Waals surface area (Å²) >= 11 is 0. The molecule has 0 aliphatic carbocycles. The van der Waals surface area contributed by atoms with Gasteiger partial charge in [0.2, 0.25) is 0 Å². The van der Waals surface area contributed by atoms with E-state index in [0.29, 0.717) is 0 Å². The van der Waals surface area contributed by atoms with Crippen molar-refractivity contribution in [1.82, 2.24) is 5.32 Å². The van der Waals surface area contributed by atoms with E-state index in [1.54, 1.807) is 20.9 Å². The largest absolute Gasteiger partial charge is 0.480 e. The second-order valence-electron chi connectivity index (χ2n) is 2.64. The average molecular weight is 161 g/mol. The summed E-state index contributed by atoms with van der Waals surface area (Å²) in [5.74, 6) is -0.908. The summed E-state index contributed by atoms with van der Waals surface area (Å²) in [6.45, 7) is 3.30. The number of carboxylic acids is 1. The van der Waals surface area contributed by atoms with Crippen molar-refractivity contribution in [2.24, 2.45) is 0 Å². The Labute approximate surface area is 66.5 Å². The minimum atomic E-state index is -1.01. The molecule has 0 saturated carbocycles. The van der Waals surface area contributed by atoms with Gasteiger partial charge in [0.25, 0.3) is 0 Å². The Balaban J connectivity index is 4.45. The lowest BCUT2D eigenvalue weighted by Crippen LogP contribution is -2.56. The summed E-state index contributed by atoms with van der Waals surface area (Å²) in [6, 6.07) is 0. The summed E-state index contributed by atoms with van der Waals surface area (Å²) in [6.07, 6.45) is -0.356. The first kappa shape index (κ1) is 10.4. The smallest absolute Gasteiger partial charge is 0.326 e. The summed E-state index contributed by atoms with van der Waals surface area (Å²) in [7, 11) is 3.09. The number of hydrogen-bond acceptors (Lipinski definition) is 3. The number of carboxylic acid groups (broad SMARTS) is 1. The van der Waals surface area contributed by atoms with E-state index in [1.807, 2.05) is 0 Å². The van der Waals surface area contributed by atoms with Crippen LogP contribution in [0.1, 0.15) is 13.8 Å². The molecule has 0 aliphatic heterocycles. The number of rotatable bonds is 4. The molecule has 4 heteroatoms. The van der Waals surface area contributed by atoms with Gasteiger partial charge in [-0.05, 0) is 20.9 Å². The molecule has 0 fully saturated rings. The second-order valence-corrected chi connectivity index (χ2v) is 2.64. The highest BCUT2D eigenvalue weighted by Gasteiger charge is 2.37. The molecule has 66 valence electrons. The normalized spacial score (nSPS) is 18.9. The van der Waals surface area contributed by atoms with Gasteiger partial charge in [-0.2, -0.15) is 0 Å². The van der Waals surface area contributed by atoms with Gasteiger partial charge in [-0.25, -0.2) is 0 Å². The van der Waals surface area contributed by atoms with Gasteiger partial charge in [0, 0.05) is 7.11 Å². The van der Waals surface area contributed by atoms with Crippen LogP contribution in [-0.4, -0.2) is 36.9 Å². The van der Waals surface area contributed by atoms with Gasteiger partial charge in [0.15, 0.2) is 0 Å². The topological polar surface area (TPSA) is 58.6 Å². The SMILES string of the molecule is CNC(C)(C(=O)O)C(C)OC. The fraction of sp³-hybridized carbons (Fsp3) is 0.857. The lowest BCUT2D eigenvalue weighted by Gasteiger charge is -2.29. The maximum Gasteiger partial charge on any atom is 0.326 e. The first-order chi connectivity index (χ1) is 4.99. The molecule has 0 amide bonds. The number of hydrogen-bond donors (Lipinski definition) is 2. The zero-order chi connectivity index (χ0) is 9.07. The molecular formula is C7H15NO3. The third-order valence-electron chi connectivity index (χ3n) is 2.13. The lowest BCUT2D eigenvalue weighted by molar-refractivity contribution is -0.149. The molecule has 0 aromatic carbocycles. The summed E-state index contributed by atoms with van der Waals surface area (Å²) in [5, 5.41) is 11.5. The zero-order valence-corrected chi connectivity index (χ0v) is 7.34. The highest BCUT2D eigenvalue weighted by atomic mass is 16.5. The van der Waals surface area contributed by atoms with Gasteiger partial charge >= 0.3 is 5.97 Å². The Morgan fingerprint density at radius 2 is 2.18 bits per heavy atom. The van der Waals surface area contributed by atoms with Crippen LogP contribution in [0.3, 0.4) is 0 Å². The third-order valence-corrected chi connectivity index (χ3v) is 2.13. The predicted octanol–water partition coefficient (Wildman–Crippen LogP) is 0.0840. The van der Waals surface area contributed by atoms with Crippen LogP contribution in [0.4, 0.5) is 0 Å². The van der Waals surface area contributed by atoms with Crippen molar-refractivity contribution in [3.8, 4) is 0 Å². The minimum absolute atomic E-state index is 0.356. The molecule has 2 unspecified atom stereocenters. The van der Waals surface area contributed by atoms with Crippen LogP contribution in [-0.2, 0) is 9.53 Å². The summed E-state index contributed by atoms with van der Waals surface area (Å²) in [4.78, 5) is 10.7. The van der Waals surface area contributed by atoms with Crippen LogP contribution in [0.15, 0.2) is 0 Å².